The SMILES string of the molecule is CCOc1ccc(S(=O)(=O)N(CC(=O)N2C[C@H](C(=O)NCCc3ccccc3)Oc3ccccc32)Cc2ccccc2)cc1C. The van der Waals surface area contributed by atoms with Crippen molar-refractivity contribution >= 4 is 27.5 Å². The molecule has 0 bridgehead atoms. The lowest BCUT2D eigenvalue weighted by Gasteiger charge is -2.35. The molecule has 45 heavy (non-hydrogen) atoms. The molecular formula is C35H37N3O6S. The first kappa shape index (κ1) is 31.7. The van der Waals surface area contributed by atoms with Gasteiger partial charge in [0.05, 0.1) is 30.3 Å². The second kappa shape index (κ2) is 14.4. The minimum absolute atomic E-state index is 0.0173. The fourth-order valence-corrected chi connectivity index (χ4v) is 6.66. The number of anilines is 1. The summed E-state index contributed by atoms with van der Waals surface area (Å²) < 4.78 is 40.9. The summed E-state index contributed by atoms with van der Waals surface area (Å²) in [6.45, 7) is 3.98. The highest BCUT2D eigenvalue weighted by Crippen LogP contribution is 2.34. The summed E-state index contributed by atoms with van der Waals surface area (Å²) in [6.07, 6.45) is -0.317. The number of nitrogens with one attached hydrogen (secondary N) is 1. The highest BCUT2D eigenvalue weighted by Gasteiger charge is 2.36. The number of sulfonamides is 1. The number of hydrogen-bond acceptors (Lipinski definition) is 6. The van der Waals surface area contributed by atoms with Gasteiger partial charge in [-0.1, -0.05) is 72.8 Å². The number of benzene rings is 4. The molecule has 1 heterocycles. The summed E-state index contributed by atoms with van der Waals surface area (Å²) in [5, 5.41) is 2.91. The summed E-state index contributed by atoms with van der Waals surface area (Å²) in [7, 11) is -4.11. The summed E-state index contributed by atoms with van der Waals surface area (Å²) in [6, 6.07) is 30.6. The molecule has 0 unspecified atom stereocenters. The Morgan fingerprint density at radius 1 is 0.933 bits per heavy atom. The van der Waals surface area contributed by atoms with Gasteiger partial charge in [-0.05, 0) is 67.3 Å². The lowest BCUT2D eigenvalue weighted by Crippen LogP contribution is -2.53. The maximum atomic E-state index is 14.1. The standard InChI is InChI=1S/C35H37N3O6S/c1-3-43-31-19-18-29(22-26(31)2)45(41,42)37(23-28-14-8-5-9-15-28)25-34(39)38-24-33(44-32-17-11-10-16-30(32)38)35(40)36-21-20-27-12-6-4-7-13-27/h4-19,22,33H,3,20-21,23-25H2,1-2H3,(H,36,40)/t33-/m1/s1. The number of fused-ring (bicyclic) bond motifs is 1. The third kappa shape index (κ3) is 7.71. The Morgan fingerprint density at radius 3 is 2.29 bits per heavy atom. The van der Waals surface area contributed by atoms with Crippen molar-refractivity contribution in [2.45, 2.75) is 37.8 Å². The van der Waals surface area contributed by atoms with Crippen molar-refractivity contribution in [1.82, 2.24) is 9.62 Å². The average Bonchev–Trinajstić information content (AvgIpc) is 3.05. The molecule has 0 radical (unpaired) electrons. The van der Waals surface area contributed by atoms with Gasteiger partial charge in [-0.25, -0.2) is 8.42 Å². The molecule has 0 aromatic heterocycles. The highest BCUT2D eigenvalue weighted by molar-refractivity contribution is 7.89. The molecule has 0 aliphatic carbocycles. The van der Waals surface area contributed by atoms with Crippen LogP contribution in [-0.4, -0.2) is 56.9 Å². The van der Waals surface area contributed by atoms with Gasteiger partial charge in [0, 0.05) is 13.1 Å². The summed E-state index contributed by atoms with van der Waals surface area (Å²) in [4.78, 5) is 28.7. The van der Waals surface area contributed by atoms with E-state index in [1.807, 2.05) is 67.6 Å². The highest BCUT2D eigenvalue weighted by atomic mass is 32.2. The molecule has 9 nitrogen and oxygen atoms in total. The van der Waals surface area contributed by atoms with Gasteiger partial charge in [-0.2, -0.15) is 4.31 Å². The van der Waals surface area contributed by atoms with E-state index in [2.05, 4.69) is 5.32 Å². The molecule has 234 valence electrons. The van der Waals surface area contributed by atoms with E-state index in [-0.39, 0.29) is 23.9 Å². The Bertz CT molecular complexity index is 1730. The normalized spacial score (nSPS) is 14.4. The first-order valence-corrected chi connectivity index (χ1v) is 16.4. The van der Waals surface area contributed by atoms with Gasteiger partial charge in [-0.15, -0.1) is 0 Å². The predicted octanol–water partition coefficient (Wildman–Crippen LogP) is 4.74. The molecule has 1 N–H and O–H groups in total. The number of ether oxygens (including phenoxy) is 2. The van der Waals surface area contributed by atoms with Gasteiger partial charge in [-0.3, -0.25) is 9.59 Å². The van der Waals surface area contributed by atoms with Crippen LogP contribution in [0.3, 0.4) is 0 Å². The van der Waals surface area contributed by atoms with Crippen LogP contribution in [0.4, 0.5) is 5.69 Å². The van der Waals surface area contributed by atoms with Crippen molar-refractivity contribution in [3.63, 3.8) is 0 Å². The fraction of sp³-hybridized carbons (Fsp3) is 0.257. The molecule has 4 aromatic rings. The molecule has 0 spiro atoms. The molecule has 0 saturated carbocycles. The molecule has 0 fully saturated rings. The van der Waals surface area contributed by atoms with Crippen molar-refractivity contribution in [3.8, 4) is 11.5 Å². The Balaban J connectivity index is 1.38. The number of nitrogens with zero attached hydrogens (tertiary/aromatic N) is 2. The van der Waals surface area contributed by atoms with Crippen LogP contribution in [0.15, 0.2) is 108 Å². The van der Waals surface area contributed by atoms with Gasteiger partial charge >= 0.3 is 0 Å². The number of rotatable bonds is 12. The zero-order chi connectivity index (χ0) is 31.8. The second-order valence-corrected chi connectivity index (χ2v) is 12.7. The molecule has 0 saturated heterocycles. The van der Waals surface area contributed by atoms with E-state index >= 15 is 0 Å². The molecular weight excluding hydrogens is 590 g/mol. The average molecular weight is 628 g/mol. The lowest BCUT2D eigenvalue weighted by atomic mass is 10.1. The van der Waals surface area contributed by atoms with E-state index in [0.717, 1.165) is 11.1 Å². The number of carbonyl (C=O) groups is 2. The molecule has 2 amide bonds. The number of amides is 2. The largest absolute Gasteiger partial charge is 0.494 e. The molecule has 5 rings (SSSR count). The maximum absolute atomic E-state index is 14.1. The van der Waals surface area contributed by atoms with Gasteiger partial charge in [0.1, 0.15) is 11.5 Å². The summed E-state index contributed by atoms with van der Waals surface area (Å²) >= 11 is 0. The van der Waals surface area contributed by atoms with Crippen molar-refractivity contribution in [2.75, 3.05) is 31.1 Å². The lowest BCUT2D eigenvalue weighted by molar-refractivity contribution is -0.128. The first-order chi connectivity index (χ1) is 21.8. The zero-order valence-electron chi connectivity index (χ0n) is 25.4. The van der Waals surface area contributed by atoms with E-state index in [1.54, 1.807) is 43.3 Å². The molecule has 4 aromatic carbocycles. The smallest absolute Gasteiger partial charge is 0.262 e. The van der Waals surface area contributed by atoms with Crippen LogP contribution >= 0.6 is 0 Å². The zero-order valence-corrected chi connectivity index (χ0v) is 26.2. The van der Waals surface area contributed by atoms with E-state index in [0.29, 0.717) is 42.3 Å². The molecule has 1 aliphatic rings. The number of carbonyl (C=O) groups excluding carboxylic acids is 2. The third-order valence-corrected chi connectivity index (χ3v) is 9.31. The second-order valence-electron chi connectivity index (χ2n) is 10.7. The monoisotopic (exact) mass is 627 g/mol. The van der Waals surface area contributed by atoms with Crippen LogP contribution < -0.4 is 19.7 Å². The number of para-hydroxylation sites is 2. The van der Waals surface area contributed by atoms with E-state index in [9.17, 15) is 18.0 Å². The maximum Gasteiger partial charge on any atom is 0.262 e. The van der Waals surface area contributed by atoms with Crippen molar-refractivity contribution in [1.29, 1.82) is 0 Å². The van der Waals surface area contributed by atoms with Gasteiger partial charge in [0.25, 0.3) is 5.91 Å². The van der Waals surface area contributed by atoms with Crippen LogP contribution in [0.2, 0.25) is 0 Å². The fourth-order valence-electron chi connectivity index (χ4n) is 5.19. The van der Waals surface area contributed by atoms with Crippen LogP contribution in [0.5, 0.6) is 11.5 Å². The Hall–Kier alpha value is -4.67. The molecule has 10 heteroatoms. The predicted molar refractivity (Wildman–Crippen MR) is 173 cm³/mol. The third-order valence-electron chi connectivity index (χ3n) is 7.52. The minimum atomic E-state index is -4.11. The van der Waals surface area contributed by atoms with Gasteiger partial charge in [0.2, 0.25) is 15.9 Å². The minimum Gasteiger partial charge on any atom is -0.494 e. The van der Waals surface area contributed by atoms with Gasteiger partial charge < -0.3 is 19.7 Å². The van der Waals surface area contributed by atoms with Crippen LogP contribution in [-0.2, 0) is 32.6 Å². The Kier molecular flexibility index (Phi) is 10.2. The Labute approximate surface area is 264 Å². The number of aryl methyl sites for hydroxylation is 1. The van der Waals surface area contributed by atoms with Crippen LogP contribution in [0, 0.1) is 6.92 Å². The molecule has 1 aliphatic heterocycles. The van der Waals surface area contributed by atoms with E-state index in [1.165, 1.54) is 15.3 Å². The van der Waals surface area contributed by atoms with Crippen molar-refractivity contribution in [2.24, 2.45) is 0 Å². The van der Waals surface area contributed by atoms with Gasteiger partial charge in [0.15, 0.2) is 6.10 Å². The quantitative estimate of drug-likeness (QED) is 0.243. The van der Waals surface area contributed by atoms with E-state index < -0.39 is 28.6 Å². The van der Waals surface area contributed by atoms with Crippen LogP contribution in [0.1, 0.15) is 23.6 Å². The van der Waals surface area contributed by atoms with Crippen LogP contribution in [0.25, 0.3) is 0 Å². The summed E-state index contributed by atoms with van der Waals surface area (Å²) in [5.74, 6) is 0.145. The number of hydrogen-bond donors (Lipinski definition) is 1. The summed E-state index contributed by atoms with van der Waals surface area (Å²) in [5.41, 5.74) is 2.97. The molecule has 1 atom stereocenters. The van der Waals surface area contributed by atoms with E-state index in [4.69, 9.17) is 9.47 Å². The van der Waals surface area contributed by atoms with Crippen molar-refractivity contribution in [3.05, 3.63) is 120 Å². The topological polar surface area (TPSA) is 105 Å². The van der Waals surface area contributed by atoms with Crippen molar-refractivity contribution < 1.29 is 27.5 Å². The first-order valence-electron chi connectivity index (χ1n) is 14.9. The Morgan fingerprint density at radius 2 is 1.60 bits per heavy atom.